The lowest BCUT2D eigenvalue weighted by Gasteiger charge is -2.34. The molecule has 2 atom stereocenters. The number of nitrogens with one attached hydrogen (secondary N) is 2. The van der Waals surface area contributed by atoms with Gasteiger partial charge in [0.25, 0.3) is 0 Å². The summed E-state index contributed by atoms with van der Waals surface area (Å²) in [5.41, 5.74) is 1.87. The molecule has 0 aromatic heterocycles. The molecule has 0 saturated carbocycles. The first kappa shape index (κ1) is 32.7. The topological polar surface area (TPSA) is 114 Å². The smallest absolute Gasteiger partial charge is 0.408 e. The first-order valence-corrected chi connectivity index (χ1v) is 13.1. The molecule has 0 spiro atoms. The Kier molecular flexibility index (Phi) is 13.0. The van der Waals surface area contributed by atoms with Crippen LogP contribution in [-0.2, 0) is 23.9 Å². The van der Waals surface area contributed by atoms with Crippen LogP contribution < -0.4 is 10.6 Å². The van der Waals surface area contributed by atoms with Gasteiger partial charge in [0.2, 0.25) is 11.8 Å². The average Bonchev–Trinajstić information content (AvgIpc) is 2.78. The maximum absolute atomic E-state index is 14.0. The monoisotopic (exact) mass is 531 g/mol. The molecule has 0 aliphatic carbocycles. The number of ether oxygens (including phenoxy) is 2. The van der Waals surface area contributed by atoms with E-state index in [-0.39, 0.29) is 32.0 Å². The summed E-state index contributed by atoms with van der Waals surface area (Å²) in [6.07, 6.45) is 1.18. The van der Waals surface area contributed by atoms with Crippen molar-refractivity contribution >= 4 is 23.9 Å². The van der Waals surface area contributed by atoms with E-state index in [9.17, 15) is 19.2 Å². The number of benzene rings is 1. The summed E-state index contributed by atoms with van der Waals surface area (Å²) in [5, 5.41) is 5.47. The molecule has 9 nitrogen and oxygen atoms in total. The van der Waals surface area contributed by atoms with Gasteiger partial charge < -0.3 is 25.0 Å². The van der Waals surface area contributed by atoms with Gasteiger partial charge in [-0.15, -0.1) is 6.58 Å². The highest BCUT2D eigenvalue weighted by Crippen LogP contribution is 2.26. The third kappa shape index (κ3) is 10.9. The zero-order valence-corrected chi connectivity index (χ0v) is 24.2. The minimum absolute atomic E-state index is 0.00477. The summed E-state index contributed by atoms with van der Waals surface area (Å²) in [5.74, 6) is -1.24. The number of esters is 1. The van der Waals surface area contributed by atoms with E-state index in [0.29, 0.717) is 12.0 Å². The van der Waals surface area contributed by atoms with Gasteiger partial charge in [0, 0.05) is 13.1 Å². The minimum Gasteiger partial charge on any atom is -0.466 e. The SMILES string of the molecule is C=CCN(C(=O)C(CC(C)C)NC(=O)OC(C)(C)C)C(C(=O)NCCC(=O)OCC)c1ccc(C)c(C)c1. The molecule has 2 N–H and O–H groups in total. The van der Waals surface area contributed by atoms with Crippen molar-refractivity contribution in [3.05, 3.63) is 47.5 Å². The standard InChI is InChI=1S/C29H45N3O6/c1-10-16-32(27(35)23(17-19(3)4)31-28(36)38-29(7,8)9)25(22-13-12-20(5)21(6)18-22)26(34)30-15-14-24(33)37-11-2/h10,12-13,18-19,23,25H,1,11,14-17H2,2-9H3,(H,30,34)(H,31,36). The number of carbonyl (C=O) groups is 4. The van der Waals surface area contributed by atoms with E-state index in [1.807, 2.05) is 39.8 Å². The quantitative estimate of drug-likeness (QED) is 0.289. The van der Waals surface area contributed by atoms with Crippen LogP contribution in [0, 0.1) is 19.8 Å². The van der Waals surface area contributed by atoms with Crippen molar-refractivity contribution < 1.29 is 28.7 Å². The number of rotatable bonds is 13. The van der Waals surface area contributed by atoms with Gasteiger partial charge in [-0.2, -0.15) is 0 Å². The molecular formula is C29H45N3O6. The van der Waals surface area contributed by atoms with Gasteiger partial charge in [0.1, 0.15) is 17.7 Å². The van der Waals surface area contributed by atoms with Gasteiger partial charge >= 0.3 is 12.1 Å². The van der Waals surface area contributed by atoms with Crippen LogP contribution in [0.1, 0.15) is 77.1 Å². The third-order valence-electron chi connectivity index (χ3n) is 5.65. The van der Waals surface area contributed by atoms with Crippen molar-refractivity contribution in [2.75, 3.05) is 19.7 Å². The number of aryl methyl sites for hydroxylation is 2. The van der Waals surface area contributed by atoms with E-state index in [1.165, 1.54) is 11.0 Å². The zero-order chi connectivity index (χ0) is 29.0. The summed E-state index contributed by atoms with van der Waals surface area (Å²) in [6.45, 7) is 18.9. The molecule has 1 rings (SSSR count). The number of hydrogen-bond acceptors (Lipinski definition) is 6. The normalized spacial score (nSPS) is 12.8. The van der Waals surface area contributed by atoms with E-state index >= 15 is 0 Å². The molecule has 0 radical (unpaired) electrons. The van der Waals surface area contributed by atoms with Crippen molar-refractivity contribution in [3.63, 3.8) is 0 Å². The summed E-state index contributed by atoms with van der Waals surface area (Å²) in [4.78, 5) is 53.3. The number of carbonyl (C=O) groups excluding carboxylic acids is 4. The van der Waals surface area contributed by atoms with Gasteiger partial charge in [-0.25, -0.2) is 4.79 Å². The number of nitrogens with zero attached hydrogens (tertiary/aromatic N) is 1. The van der Waals surface area contributed by atoms with E-state index in [0.717, 1.165) is 11.1 Å². The van der Waals surface area contributed by atoms with Crippen LogP contribution in [0.25, 0.3) is 0 Å². The fourth-order valence-corrected chi connectivity index (χ4v) is 3.83. The van der Waals surface area contributed by atoms with Crippen LogP contribution in [0.2, 0.25) is 0 Å². The van der Waals surface area contributed by atoms with Gasteiger partial charge in [0.05, 0.1) is 13.0 Å². The molecule has 0 bridgehead atoms. The first-order chi connectivity index (χ1) is 17.7. The second-order valence-electron chi connectivity index (χ2n) is 10.7. The summed E-state index contributed by atoms with van der Waals surface area (Å²) in [7, 11) is 0. The summed E-state index contributed by atoms with van der Waals surface area (Å²) >= 11 is 0. The zero-order valence-electron chi connectivity index (χ0n) is 24.2. The van der Waals surface area contributed by atoms with Gasteiger partial charge in [-0.05, 0) is 70.6 Å². The third-order valence-corrected chi connectivity index (χ3v) is 5.65. The fourth-order valence-electron chi connectivity index (χ4n) is 3.83. The van der Waals surface area contributed by atoms with Crippen LogP contribution in [0.4, 0.5) is 4.79 Å². The molecule has 0 fully saturated rings. The van der Waals surface area contributed by atoms with E-state index in [2.05, 4.69) is 17.2 Å². The Labute approximate surface area is 227 Å². The number of alkyl carbamates (subject to hydrolysis) is 1. The van der Waals surface area contributed by atoms with Crippen LogP contribution in [0.15, 0.2) is 30.9 Å². The molecule has 9 heteroatoms. The van der Waals surface area contributed by atoms with E-state index < -0.39 is 41.6 Å². The largest absolute Gasteiger partial charge is 0.466 e. The Hall–Kier alpha value is -3.36. The molecule has 0 aliphatic heterocycles. The average molecular weight is 532 g/mol. The molecular weight excluding hydrogens is 486 g/mol. The van der Waals surface area contributed by atoms with Crippen LogP contribution >= 0.6 is 0 Å². The Balaban J connectivity index is 3.41. The molecule has 2 unspecified atom stereocenters. The predicted octanol–water partition coefficient (Wildman–Crippen LogP) is 4.37. The lowest BCUT2D eigenvalue weighted by molar-refractivity contribution is -0.144. The molecule has 1 aromatic rings. The highest BCUT2D eigenvalue weighted by Gasteiger charge is 2.36. The highest BCUT2D eigenvalue weighted by atomic mass is 16.6. The van der Waals surface area contributed by atoms with E-state index in [1.54, 1.807) is 33.8 Å². The van der Waals surface area contributed by atoms with Crippen LogP contribution in [0.3, 0.4) is 0 Å². The maximum atomic E-state index is 14.0. The molecule has 0 heterocycles. The van der Waals surface area contributed by atoms with E-state index in [4.69, 9.17) is 9.47 Å². The molecule has 0 aliphatic rings. The second-order valence-corrected chi connectivity index (χ2v) is 10.7. The molecule has 0 saturated heterocycles. The molecule has 38 heavy (non-hydrogen) atoms. The number of hydrogen-bond donors (Lipinski definition) is 2. The van der Waals surface area contributed by atoms with Gasteiger partial charge in [-0.1, -0.05) is 38.1 Å². The Morgan fingerprint density at radius 3 is 2.29 bits per heavy atom. The fraction of sp³-hybridized carbons (Fsp3) is 0.586. The maximum Gasteiger partial charge on any atom is 0.408 e. The van der Waals surface area contributed by atoms with Crippen molar-refractivity contribution in [3.8, 4) is 0 Å². The lowest BCUT2D eigenvalue weighted by atomic mass is 9.97. The Morgan fingerprint density at radius 1 is 1.11 bits per heavy atom. The summed E-state index contributed by atoms with van der Waals surface area (Å²) in [6, 6.07) is 3.63. The first-order valence-electron chi connectivity index (χ1n) is 13.1. The Bertz CT molecular complexity index is 983. The van der Waals surface area contributed by atoms with Crippen molar-refractivity contribution in [1.82, 2.24) is 15.5 Å². The summed E-state index contributed by atoms with van der Waals surface area (Å²) < 4.78 is 10.3. The highest BCUT2D eigenvalue weighted by molar-refractivity contribution is 5.92. The number of amides is 3. The van der Waals surface area contributed by atoms with Crippen molar-refractivity contribution in [2.24, 2.45) is 5.92 Å². The van der Waals surface area contributed by atoms with Gasteiger partial charge in [0.15, 0.2) is 0 Å². The van der Waals surface area contributed by atoms with Crippen molar-refractivity contribution in [1.29, 1.82) is 0 Å². The molecule has 3 amide bonds. The van der Waals surface area contributed by atoms with Crippen LogP contribution in [0.5, 0.6) is 0 Å². The lowest BCUT2D eigenvalue weighted by Crippen LogP contribution is -2.53. The van der Waals surface area contributed by atoms with Gasteiger partial charge in [-0.3, -0.25) is 14.4 Å². The van der Waals surface area contributed by atoms with Crippen molar-refractivity contribution in [2.45, 2.75) is 85.9 Å². The predicted molar refractivity (Wildman–Crippen MR) is 147 cm³/mol. The minimum atomic E-state index is -1.02. The Morgan fingerprint density at radius 2 is 1.76 bits per heavy atom. The molecule has 1 aromatic carbocycles. The van der Waals surface area contributed by atoms with Crippen LogP contribution in [-0.4, -0.2) is 60.1 Å². The molecule has 212 valence electrons. The second kappa shape index (κ2) is 15.1.